The van der Waals surface area contributed by atoms with Crippen molar-refractivity contribution in [1.82, 2.24) is 0 Å². The molecule has 0 aromatic heterocycles. The van der Waals surface area contributed by atoms with E-state index in [9.17, 15) is 0 Å². The molecule has 1 saturated carbocycles. The minimum Gasteiger partial charge on any atom is -0.493 e. The van der Waals surface area contributed by atoms with Crippen molar-refractivity contribution in [2.24, 2.45) is 0 Å². The van der Waals surface area contributed by atoms with Crippen LogP contribution in [0.2, 0.25) is 0 Å². The number of hydrogen-bond donors (Lipinski definition) is 0. The van der Waals surface area contributed by atoms with Crippen LogP contribution >= 0.6 is 15.9 Å². The monoisotopic (exact) mass is 281 g/mol. The average Bonchev–Trinajstić information content (AvgIpc) is 3.06. The molecule has 2 rings (SSSR count). The summed E-state index contributed by atoms with van der Waals surface area (Å²) in [7, 11) is 1.61. The fraction of sp³-hybridized carbons (Fsp3) is 0.417. The van der Waals surface area contributed by atoms with Crippen molar-refractivity contribution in [3.63, 3.8) is 0 Å². The molecule has 0 N–H and O–H groups in total. The third kappa shape index (κ3) is 2.48. The van der Waals surface area contributed by atoms with Crippen molar-refractivity contribution in [3.05, 3.63) is 22.2 Å². The van der Waals surface area contributed by atoms with E-state index in [0.717, 1.165) is 28.6 Å². The van der Waals surface area contributed by atoms with Crippen LogP contribution in [0, 0.1) is 11.3 Å². The zero-order valence-electron chi connectivity index (χ0n) is 9.00. The molecule has 0 amide bonds. The van der Waals surface area contributed by atoms with E-state index >= 15 is 0 Å². The van der Waals surface area contributed by atoms with E-state index in [1.165, 1.54) is 0 Å². The summed E-state index contributed by atoms with van der Waals surface area (Å²) in [6.45, 7) is 0. The first-order valence-corrected chi connectivity index (χ1v) is 5.94. The minimum atomic E-state index is 0.326. The molecule has 0 saturated heterocycles. The van der Waals surface area contributed by atoms with E-state index in [1.807, 2.05) is 12.1 Å². The maximum atomic E-state index is 8.66. The minimum absolute atomic E-state index is 0.326. The van der Waals surface area contributed by atoms with E-state index in [-0.39, 0.29) is 0 Å². The largest absolute Gasteiger partial charge is 0.493 e. The Balaban J connectivity index is 2.31. The molecule has 0 atom stereocenters. The van der Waals surface area contributed by atoms with Crippen molar-refractivity contribution in [1.29, 1.82) is 5.26 Å². The highest BCUT2D eigenvalue weighted by Crippen LogP contribution is 2.40. The molecule has 0 radical (unpaired) electrons. The summed E-state index contributed by atoms with van der Waals surface area (Å²) in [4.78, 5) is 0. The molecule has 0 aliphatic heterocycles. The second kappa shape index (κ2) is 4.75. The maximum Gasteiger partial charge on any atom is 0.175 e. The highest BCUT2D eigenvalue weighted by molar-refractivity contribution is 9.10. The van der Waals surface area contributed by atoms with E-state index in [2.05, 4.69) is 22.0 Å². The number of benzene rings is 1. The third-order valence-corrected chi connectivity index (χ3v) is 2.97. The standard InChI is InChI=1S/C12H12BrNO2/c1-15-11-7-8(4-5-14)6-10(13)12(11)16-9-2-3-9/h6-7,9H,2-4H2,1H3. The fourth-order valence-electron chi connectivity index (χ4n) is 1.43. The molecule has 84 valence electrons. The smallest absolute Gasteiger partial charge is 0.175 e. The zero-order valence-corrected chi connectivity index (χ0v) is 10.6. The average molecular weight is 282 g/mol. The van der Waals surface area contributed by atoms with Crippen LogP contribution < -0.4 is 9.47 Å². The number of nitrogens with zero attached hydrogens (tertiary/aromatic N) is 1. The Kier molecular flexibility index (Phi) is 3.35. The second-order valence-corrected chi connectivity index (χ2v) is 4.62. The lowest BCUT2D eigenvalue weighted by molar-refractivity contribution is 0.280. The number of methoxy groups -OCH3 is 1. The van der Waals surface area contributed by atoms with Crippen molar-refractivity contribution in [3.8, 4) is 17.6 Å². The summed E-state index contributed by atoms with van der Waals surface area (Å²) in [6, 6.07) is 5.88. The summed E-state index contributed by atoms with van der Waals surface area (Å²) in [6.07, 6.45) is 2.91. The van der Waals surface area contributed by atoms with Gasteiger partial charge >= 0.3 is 0 Å². The third-order valence-electron chi connectivity index (χ3n) is 2.38. The molecule has 0 heterocycles. The van der Waals surface area contributed by atoms with Gasteiger partial charge in [-0.3, -0.25) is 0 Å². The molecule has 1 aliphatic rings. The van der Waals surface area contributed by atoms with E-state index < -0.39 is 0 Å². The SMILES string of the molecule is COc1cc(CC#N)cc(Br)c1OC1CC1. The summed E-state index contributed by atoms with van der Waals surface area (Å²) in [5, 5.41) is 8.66. The zero-order chi connectivity index (χ0) is 11.5. The summed E-state index contributed by atoms with van der Waals surface area (Å²) < 4.78 is 11.9. The number of nitriles is 1. The molecular formula is C12H12BrNO2. The summed E-state index contributed by atoms with van der Waals surface area (Å²) in [5.41, 5.74) is 0.925. The Bertz CT molecular complexity index is 435. The summed E-state index contributed by atoms with van der Waals surface area (Å²) >= 11 is 3.45. The highest BCUT2D eigenvalue weighted by atomic mass is 79.9. The Hall–Kier alpha value is -1.21. The Labute approximate surface area is 103 Å². The molecule has 0 unspecified atom stereocenters. The Morgan fingerprint density at radius 1 is 1.50 bits per heavy atom. The molecule has 0 spiro atoms. The number of halogens is 1. The molecular weight excluding hydrogens is 270 g/mol. The normalized spacial score (nSPS) is 14.3. The van der Waals surface area contributed by atoms with Crippen LogP contribution in [-0.4, -0.2) is 13.2 Å². The number of hydrogen-bond acceptors (Lipinski definition) is 3. The number of rotatable bonds is 4. The molecule has 1 aromatic carbocycles. The predicted octanol–water partition coefficient (Wildman–Crippen LogP) is 3.06. The number of ether oxygens (including phenoxy) is 2. The molecule has 16 heavy (non-hydrogen) atoms. The van der Waals surface area contributed by atoms with Gasteiger partial charge in [-0.2, -0.15) is 5.26 Å². The van der Waals surface area contributed by atoms with Gasteiger partial charge in [0.05, 0.1) is 30.2 Å². The van der Waals surface area contributed by atoms with Gasteiger partial charge in [-0.15, -0.1) is 0 Å². The first-order chi connectivity index (χ1) is 7.74. The lowest BCUT2D eigenvalue weighted by Gasteiger charge is -2.13. The van der Waals surface area contributed by atoms with E-state index in [0.29, 0.717) is 18.3 Å². The highest BCUT2D eigenvalue weighted by Gasteiger charge is 2.26. The van der Waals surface area contributed by atoms with Gasteiger partial charge in [-0.05, 0) is 46.5 Å². The van der Waals surface area contributed by atoms with Crippen LogP contribution in [0.4, 0.5) is 0 Å². The van der Waals surface area contributed by atoms with Gasteiger partial charge in [0.2, 0.25) is 0 Å². The quantitative estimate of drug-likeness (QED) is 0.852. The predicted molar refractivity (Wildman–Crippen MR) is 63.7 cm³/mol. The van der Waals surface area contributed by atoms with Gasteiger partial charge in [0.15, 0.2) is 11.5 Å². The van der Waals surface area contributed by atoms with Crippen molar-refractivity contribution >= 4 is 15.9 Å². The van der Waals surface area contributed by atoms with Gasteiger partial charge in [0.1, 0.15) is 0 Å². The lowest BCUT2D eigenvalue weighted by Crippen LogP contribution is -2.00. The second-order valence-electron chi connectivity index (χ2n) is 3.76. The van der Waals surface area contributed by atoms with Crippen LogP contribution in [-0.2, 0) is 6.42 Å². The van der Waals surface area contributed by atoms with Crippen molar-refractivity contribution in [2.45, 2.75) is 25.4 Å². The molecule has 1 fully saturated rings. The van der Waals surface area contributed by atoms with Crippen molar-refractivity contribution in [2.75, 3.05) is 7.11 Å². The van der Waals surface area contributed by atoms with Crippen LogP contribution in [0.15, 0.2) is 16.6 Å². The molecule has 4 heteroatoms. The fourth-order valence-corrected chi connectivity index (χ4v) is 2.02. The molecule has 0 bridgehead atoms. The van der Waals surface area contributed by atoms with Gasteiger partial charge in [0.25, 0.3) is 0 Å². The van der Waals surface area contributed by atoms with E-state index in [4.69, 9.17) is 14.7 Å². The van der Waals surface area contributed by atoms with Gasteiger partial charge in [-0.1, -0.05) is 0 Å². The topological polar surface area (TPSA) is 42.2 Å². The van der Waals surface area contributed by atoms with Crippen LogP contribution in [0.25, 0.3) is 0 Å². The molecule has 1 aliphatic carbocycles. The van der Waals surface area contributed by atoms with Gasteiger partial charge in [-0.25, -0.2) is 0 Å². The van der Waals surface area contributed by atoms with Gasteiger partial charge < -0.3 is 9.47 Å². The first kappa shape index (κ1) is 11.3. The van der Waals surface area contributed by atoms with Crippen LogP contribution in [0.1, 0.15) is 18.4 Å². The lowest BCUT2D eigenvalue weighted by atomic mass is 10.1. The molecule has 1 aromatic rings. The Morgan fingerprint density at radius 2 is 2.25 bits per heavy atom. The maximum absolute atomic E-state index is 8.66. The molecule has 3 nitrogen and oxygen atoms in total. The van der Waals surface area contributed by atoms with E-state index in [1.54, 1.807) is 7.11 Å². The first-order valence-electron chi connectivity index (χ1n) is 5.14. The van der Waals surface area contributed by atoms with Crippen LogP contribution in [0.5, 0.6) is 11.5 Å². The van der Waals surface area contributed by atoms with Crippen molar-refractivity contribution < 1.29 is 9.47 Å². The van der Waals surface area contributed by atoms with Gasteiger partial charge in [0, 0.05) is 0 Å². The Morgan fingerprint density at radius 3 is 2.81 bits per heavy atom. The van der Waals surface area contributed by atoms with Crippen LogP contribution in [0.3, 0.4) is 0 Å². The summed E-state index contributed by atoms with van der Waals surface area (Å²) in [5.74, 6) is 1.43.